The molecule has 0 saturated carbocycles. The molecule has 0 bridgehead atoms. The molecule has 0 heterocycles. The Balaban J connectivity index is 4.07. The van der Waals surface area contributed by atoms with E-state index in [1.54, 1.807) is 0 Å². The second-order valence-electron chi connectivity index (χ2n) is 17.4. The Morgan fingerprint density at radius 1 is 0.462 bits per heavy atom. The summed E-state index contributed by atoms with van der Waals surface area (Å²) in [5, 5.41) is 0. The first-order valence-corrected chi connectivity index (χ1v) is 27.9. The Hall–Kier alpha value is -2.55. The molecule has 0 aromatic rings. The summed E-state index contributed by atoms with van der Waals surface area (Å²) in [6.07, 6.45) is 63.6. The first-order chi connectivity index (χ1) is 31.8. The molecule has 0 saturated heterocycles. The van der Waals surface area contributed by atoms with E-state index in [1.165, 1.54) is 116 Å². The van der Waals surface area contributed by atoms with Crippen LogP contribution in [0.4, 0.5) is 0 Å². The quantitative estimate of drug-likeness (QED) is 0.0265. The Morgan fingerprint density at radius 3 is 1.22 bits per heavy atom. The lowest BCUT2D eigenvalue weighted by molar-refractivity contribution is -0.161. The normalized spacial score (nSPS) is 13.7. The Bertz CT molecular complexity index is 1290. The molecule has 0 aromatic carbocycles. The maximum atomic E-state index is 12.7. The lowest BCUT2D eigenvalue weighted by Gasteiger charge is -2.19. The maximum Gasteiger partial charge on any atom is 0.472 e. The minimum Gasteiger partial charge on any atom is -0.462 e. The fourth-order valence-electron chi connectivity index (χ4n) is 7.12. The standard InChI is InChI=1S/C55H98NO8P/c1-3-5-7-9-11-13-15-17-19-21-23-24-25-26-27-28-30-32-34-36-38-40-42-44-46-48-55(58)64-53(52-63-65(59,60)62-50-49-56)51-61-54(57)47-45-43-41-39-37-35-33-31-29-22-20-18-16-14-12-10-8-6-4-2/h12,14-15,17-18,20-21,23,25-26,29,31,53H,3-11,13,16,19,22,24,27-28,30,32-52,56H2,1-2H3,(H,59,60)/b14-12-,17-15-,20-18-,23-21-,26-25-,31-29-. The summed E-state index contributed by atoms with van der Waals surface area (Å²) in [6, 6.07) is 0. The minimum absolute atomic E-state index is 0.0477. The van der Waals surface area contributed by atoms with Gasteiger partial charge in [-0.2, -0.15) is 0 Å². The molecule has 0 aliphatic carbocycles. The van der Waals surface area contributed by atoms with Gasteiger partial charge in [-0.25, -0.2) is 4.57 Å². The van der Waals surface area contributed by atoms with Crippen LogP contribution in [0.3, 0.4) is 0 Å². The summed E-state index contributed by atoms with van der Waals surface area (Å²) >= 11 is 0. The zero-order valence-corrected chi connectivity index (χ0v) is 42.6. The molecule has 10 heteroatoms. The van der Waals surface area contributed by atoms with Crippen molar-refractivity contribution in [2.24, 2.45) is 5.73 Å². The maximum absolute atomic E-state index is 12.7. The fourth-order valence-corrected chi connectivity index (χ4v) is 7.88. The van der Waals surface area contributed by atoms with Crippen molar-refractivity contribution in [3.05, 3.63) is 72.9 Å². The number of carbonyl (C=O) groups is 2. The van der Waals surface area contributed by atoms with Crippen LogP contribution in [0.2, 0.25) is 0 Å². The van der Waals surface area contributed by atoms with E-state index in [0.717, 1.165) is 77.0 Å². The second-order valence-corrected chi connectivity index (χ2v) is 18.8. The number of carbonyl (C=O) groups excluding carboxylic acids is 2. The highest BCUT2D eigenvalue weighted by atomic mass is 31.2. The number of esters is 2. The van der Waals surface area contributed by atoms with Gasteiger partial charge in [0.2, 0.25) is 0 Å². The van der Waals surface area contributed by atoms with E-state index in [-0.39, 0.29) is 32.6 Å². The predicted molar refractivity (Wildman–Crippen MR) is 275 cm³/mol. The number of hydrogen-bond acceptors (Lipinski definition) is 8. The highest BCUT2D eigenvalue weighted by molar-refractivity contribution is 7.47. The molecule has 0 rings (SSSR count). The third-order valence-electron chi connectivity index (χ3n) is 11.1. The first-order valence-electron chi connectivity index (χ1n) is 26.4. The van der Waals surface area contributed by atoms with E-state index < -0.39 is 32.5 Å². The Kier molecular flexibility index (Phi) is 48.9. The molecule has 0 aromatic heterocycles. The summed E-state index contributed by atoms with van der Waals surface area (Å²) in [5.74, 6) is -0.847. The SMILES string of the molecule is CCCCC/C=C\C/C=C\C/C=C\CCCCCCCCC(=O)OCC(COP(=O)(O)OCCN)OC(=O)CCCCCCCCCCCC/C=C\C/C=C\C/C=C\CCCCCCC. The van der Waals surface area contributed by atoms with Crippen LogP contribution in [0.25, 0.3) is 0 Å². The molecule has 0 radical (unpaired) electrons. The fraction of sp³-hybridized carbons (Fsp3) is 0.745. The van der Waals surface area contributed by atoms with Gasteiger partial charge in [-0.3, -0.25) is 18.6 Å². The molecule has 3 N–H and O–H groups in total. The highest BCUT2D eigenvalue weighted by Crippen LogP contribution is 2.43. The zero-order chi connectivity index (χ0) is 47.4. The average molecular weight is 932 g/mol. The summed E-state index contributed by atoms with van der Waals surface area (Å²) in [6.45, 7) is 3.69. The van der Waals surface area contributed by atoms with Crippen molar-refractivity contribution < 1.29 is 37.6 Å². The number of hydrogen-bond donors (Lipinski definition) is 2. The number of allylic oxidation sites excluding steroid dienone is 12. The van der Waals surface area contributed by atoms with Gasteiger partial charge in [0.15, 0.2) is 6.10 Å². The van der Waals surface area contributed by atoms with Crippen molar-refractivity contribution >= 4 is 19.8 Å². The number of unbranched alkanes of at least 4 members (excludes halogenated alkanes) is 24. The Morgan fingerprint density at radius 2 is 0.800 bits per heavy atom. The Labute approximate surface area is 399 Å². The van der Waals surface area contributed by atoms with E-state index in [2.05, 4.69) is 86.8 Å². The summed E-state index contributed by atoms with van der Waals surface area (Å²) < 4.78 is 32.9. The van der Waals surface area contributed by atoms with E-state index in [1.807, 2.05) is 0 Å². The summed E-state index contributed by atoms with van der Waals surface area (Å²) in [4.78, 5) is 35.1. The van der Waals surface area contributed by atoms with E-state index in [0.29, 0.717) is 12.8 Å². The number of phosphoric acid groups is 1. The van der Waals surface area contributed by atoms with Gasteiger partial charge in [0.05, 0.1) is 13.2 Å². The monoisotopic (exact) mass is 932 g/mol. The van der Waals surface area contributed by atoms with Crippen molar-refractivity contribution in [1.82, 2.24) is 0 Å². The zero-order valence-electron chi connectivity index (χ0n) is 41.7. The van der Waals surface area contributed by atoms with Crippen molar-refractivity contribution in [3.8, 4) is 0 Å². The molecule has 2 unspecified atom stereocenters. The molecule has 9 nitrogen and oxygen atoms in total. The molecule has 65 heavy (non-hydrogen) atoms. The van der Waals surface area contributed by atoms with Crippen LogP contribution in [0.15, 0.2) is 72.9 Å². The van der Waals surface area contributed by atoms with E-state index in [9.17, 15) is 19.0 Å². The average Bonchev–Trinajstić information content (AvgIpc) is 3.30. The molecule has 0 fully saturated rings. The largest absolute Gasteiger partial charge is 0.472 e. The van der Waals surface area contributed by atoms with Crippen LogP contribution in [0.5, 0.6) is 0 Å². The van der Waals surface area contributed by atoms with Crippen LogP contribution in [-0.2, 0) is 32.7 Å². The van der Waals surface area contributed by atoms with Gasteiger partial charge < -0.3 is 20.1 Å². The van der Waals surface area contributed by atoms with Gasteiger partial charge in [0, 0.05) is 19.4 Å². The molecule has 2 atom stereocenters. The summed E-state index contributed by atoms with van der Waals surface area (Å²) in [7, 11) is -4.39. The number of nitrogens with two attached hydrogens (primary N) is 1. The topological polar surface area (TPSA) is 134 Å². The van der Waals surface area contributed by atoms with Gasteiger partial charge in [-0.1, -0.05) is 202 Å². The molecule has 376 valence electrons. The van der Waals surface area contributed by atoms with Crippen LogP contribution in [0, 0.1) is 0 Å². The minimum atomic E-state index is -4.39. The van der Waals surface area contributed by atoms with Crippen molar-refractivity contribution in [1.29, 1.82) is 0 Å². The van der Waals surface area contributed by atoms with Gasteiger partial charge in [0.1, 0.15) is 6.61 Å². The van der Waals surface area contributed by atoms with Gasteiger partial charge in [0.25, 0.3) is 0 Å². The lowest BCUT2D eigenvalue weighted by Crippen LogP contribution is -2.29. The highest BCUT2D eigenvalue weighted by Gasteiger charge is 2.26. The smallest absolute Gasteiger partial charge is 0.462 e. The molecular formula is C55H98NO8P. The number of phosphoric ester groups is 1. The third-order valence-corrected chi connectivity index (χ3v) is 12.0. The van der Waals surface area contributed by atoms with Crippen LogP contribution in [0.1, 0.15) is 232 Å². The third kappa shape index (κ3) is 50.7. The van der Waals surface area contributed by atoms with Gasteiger partial charge >= 0.3 is 19.8 Å². The van der Waals surface area contributed by atoms with Crippen LogP contribution < -0.4 is 5.73 Å². The van der Waals surface area contributed by atoms with Gasteiger partial charge in [-0.05, 0) is 89.9 Å². The molecule has 0 aliphatic heterocycles. The lowest BCUT2D eigenvalue weighted by atomic mass is 10.0. The molecule has 0 spiro atoms. The molecule has 0 amide bonds. The number of rotatable bonds is 49. The first kappa shape index (κ1) is 62.4. The predicted octanol–water partition coefficient (Wildman–Crippen LogP) is 16.2. The van der Waals surface area contributed by atoms with Crippen LogP contribution in [-0.4, -0.2) is 49.3 Å². The molecular weight excluding hydrogens is 834 g/mol. The van der Waals surface area contributed by atoms with E-state index >= 15 is 0 Å². The van der Waals surface area contributed by atoms with Gasteiger partial charge in [-0.15, -0.1) is 0 Å². The number of ether oxygens (including phenoxy) is 2. The van der Waals surface area contributed by atoms with E-state index in [4.69, 9.17) is 24.3 Å². The van der Waals surface area contributed by atoms with Crippen molar-refractivity contribution in [3.63, 3.8) is 0 Å². The van der Waals surface area contributed by atoms with Crippen LogP contribution >= 0.6 is 7.82 Å². The summed E-state index contributed by atoms with van der Waals surface area (Å²) in [5.41, 5.74) is 5.37. The van der Waals surface area contributed by atoms with Crippen molar-refractivity contribution in [2.75, 3.05) is 26.4 Å². The van der Waals surface area contributed by atoms with Crippen molar-refractivity contribution in [2.45, 2.75) is 238 Å². The molecule has 0 aliphatic rings. The second kappa shape index (κ2) is 50.9.